The Morgan fingerprint density at radius 2 is 1.91 bits per heavy atom. The summed E-state index contributed by atoms with van der Waals surface area (Å²) in [4.78, 5) is 52.4. The van der Waals surface area contributed by atoms with Crippen LogP contribution in [0.3, 0.4) is 0 Å². The van der Waals surface area contributed by atoms with Crippen molar-refractivity contribution in [3.8, 4) is 0 Å². The molecule has 178 valence electrons. The van der Waals surface area contributed by atoms with Gasteiger partial charge in [-0.2, -0.15) is 0 Å². The second kappa shape index (κ2) is 7.96. The Kier molecular flexibility index (Phi) is 5.53. The van der Waals surface area contributed by atoms with Crippen LogP contribution in [0.15, 0.2) is 23.0 Å². The zero-order chi connectivity index (χ0) is 24.1. The van der Waals surface area contributed by atoms with Gasteiger partial charge in [-0.15, -0.1) is 0 Å². The van der Waals surface area contributed by atoms with E-state index in [0.717, 1.165) is 4.90 Å². The van der Waals surface area contributed by atoms with Crippen LogP contribution in [-0.4, -0.2) is 57.0 Å². The predicted octanol–water partition coefficient (Wildman–Crippen LogP) is 2.67. The van der Waals surface area contributed by atoms with Crippen LogP contribution in [0.2, 0.25) is 0 Å². The summed E-state index contributed by atoms with van der Waals surface area (Å²) in [6, 6.07) is 3.75. The number of aromatic amines is 1. The molecular weight excluding hydrogens is 438 g/mol. The highest BCUT2D eigenvalue weighted by atomic mass is 19.3. The molecule has 33 heavy (non-hydrogen) atoms. The highest BCUT2D eigenvalue weighted by Crippen LogP contribution is 2.42. The number of alkyl halides is 2. The molecule has 0 aliphatic carbocycles. The van der Waals surface area contributed by atoms with E-state index in [1.54, 1.807) is 32.9 Å². The molecule has 0 saturated carbocycles. The van der Waals surface area contributed by atoms with Crippen molar-refractivity contribution >= 4 is 28.9 Å². The molecule has 2 aromatic rings. The molecule has 4 rings (SSSR count). The molecule has 0 bridgehead atoms. The third-order valence-corrected chi connectivity index (χ3v) is 5.93. The molecule has 2 aliphatic rings. The van der Waals surface area contributed by atoms with Crippen molar-refractivity contribution in [3.05, 3.63) is 34.2 Å². The number of likely N-dealkylation sites (tertiary alicyclic amines) is 1. The molecule has 9 nitrogen and oxygen atoms in total. The SMILES string of the molecule is CC(C)(C)OC(=O)N1CCC(c2cccc3c2[nH]c(=O)n3C2CCC(=O)NC2=O)C(F)(F)C1. The lowest BCUT2D eigenvalue weighted by molar-refractivity contribution is -0.135. The number of amides is 3. The number of carbonyl (C=O) groups excluding carboxylic acids is 3. The van der Waals surface area contributed by atoms with Crippen molar-refractivity contribution in [2.24, 2.45) is 0 Å². The maximum Gasteiger partial charge on any atom is 0.410 e. The molecule has 1 aromatic heterocycles. The number of fused-ring (bicyclic) bond motifs is 1. The van der Waals surface area contributed by atoms with Crippen LogP contribution >= 0.6 is 0 Å². The number of nitrogens with one attached hydrogen (secondary N) is 2. The highest BCUT2D eigenvalue weighted by molar-refractivity contribution is 6.00. The van der Waals surface area contributed by atoms with Gasteiger partial charge in [0.25, 0.3) is 5.92 Å². The van der Waals surface area contributed by atoms with Gasteiger partial charge in [-0.3, -0.25) is 19.5 Å². The van der Waals surface area contributed by atoms with Gasteiger partial charge in [0.15, 0.2) is 0 Å². The fraction of sp³-hybridized carbons (Fsp3) is 0.545. The molecular formula is C22H26F2N4O5. The summed E-state index contributed by atoms with van der Waals surface area (Å²) >= 11 is 0. The van der Waals surface area contributed by atoms with Crippen LogP contribution in [0, 0.1) is 0 Å². The van der Waals surface area contributed by atoms with Gasteiger partial charge in [0.1, 0.15) is 11.6 Å². The van der Waals surface area contributed by atoms with Crippen LogP contribution in [0.25, 0.3) is 11.0 Å². The number of carbonyl (C=O) groups is 3. The van der Waals surface area contributed by atoms with E-state index >= 15 is 8.78 Å². The summed E-state index contributed by atoms with van der Waals surface area (Å²) in [6.07, 6.45) is -0.601. The third-order valence-electron chi connectivity index (χ3n) is 5.93. The van der Waals surface area contributed by atoms with Crippen molar-refractivity contribution in [1.29, 1.82) is 0 Å². The molecule has 2 aliphatic heterocycles. The standard InChI is InChI=1S/C22H26F2N4O5/c1-21(2,3)33-20(32)27-10-9-13(22(23,24)11-27)12-5-4-6-14-17(12)26-19(31)28(14)15-7-8-16(29)25-18(15)30/h4-6,13,15H,7-11H2,1-3H3,(H,26,31)(H,25,29,30). The lowest BCUT2D eigenvalue weighted by Gasteiger charge is -2.39. The third kappa shape index (κ3) is 4.36. The highest BCUT2D eigenvalue weighted by Gasteiger charge is 2.48. The van der Waals surface area contributed by atoms with E-state index in [1.807, 2.05) is 0 Å². The summed E-state index contributed by atoms with van der Waals surface area (Å²) in [6.45, 7) is 4.27. The summed E-state index contributed by atoms with van der Waals surface area (Å²) in [5, 5.41) is 2.21. The van der Waals surface area contributed by atoms with Gasteiger partial charge in [-0.1, -0.05) is 12.1 Å². The number of aromatic nitrogens is 2. The number of halogens is 2. The molecule has 1 aromatic carbocycles. The van der Waals surface area contributed by atoms with E-state index in [9.17, 15) is 19.2 Å². The molecule has 2 saturated heterocycles. The van der Waals surface area contributed by atoms with Gasteiger partial charge in [0, 0.05) is 13.0 Å². The average molecular weight is 464 g/mol. The Bertz CT molecular complexity index is 1180. The van der Waals surface area contributed by atoms with Crippen LogP contribution < -0.4 is 11.0 Å². The van der Waals surface area contributed by atoms with Gasteiger partial charge in [0.05, 0.1) is 23.5 Å². The maximum atomic E-state index is 15.2. The number of rotatable bonds is 2. The zero-order valence-corrected chi connectivity index (χ0v) is 18.6. The number of imide groups is 1. The molecule has 3 amide bonds. The Balaban J connectivity index is 1.66. The molecule has 2 atom stereocenters. The van der Waals surface area contributed by atoms with Gasteiger partial charge in [-0.25, -0.2) is 18.4 Å². The Hall–Kier alpha value is -3.24. The Morgan fingerprint density at radius 1 is 1.18 bits per heavy atom. The van der Waals surface area contributed by atoms with E-state index in [4.69, 9.17) is 4.74 Å². The largest absolute Gasteiger partial charge is 0.444 e. The number of hydrogen-bond acceptors (Lipinski definition) is 5. The summed E-state index contributed by atoms with van der Waals surface area (Å²) < 4.78 is 36.9. The number of nitrogens with zero attached hydrogens (tertiary/aromatic N) is 2. The fourth-order valence-corrected chi connectivity index (χ4v) is 4.50. The monoisotopic (exact) mass is 464 g/mol. The van der Waals surface area contributed by atoms with E-state index in [0.29, 0.717) is 5.52 Å². The zero-order valence-electron chi connectivity index (χ0n) is 18.6. The van der Waals surface area contributed by atoms with Crippen molar-refractivity contribution in [2.45, 2.75) is 63.5 Å². The molecule has 2 fully saturated rings. The molecule has 0 spiro atoms. The number of piperidine rings is 2. The molecule has 2 unspecified atom stereocenters. The summed E-state index contributed by atoms with van der Waals surface area (Å²) in [5.41, 5.74) is -0.626. The van der Waals surface area contributed by atoms with Crippen molar-refractivity contribution in [3.63, 3.8) is 0 Å². The second-order valence-electron chi connectivity index (χ2n) is 9.51. The molecule has 3 heterocycles. The molecule has 0 radical (unpaired) electrons. The number of para-hydroxylation sites is 1. The first-order valence-electron chi connectivity index (χ1n) is 10.8. The topological polar surface area (TPSA) is 114 Å². The minimum absolute atomic E-state index is 0.0308. The smallest absolute Gasteiger partial charge is 0.410 e. The first-order chi connectivity index (χ1) is 15.4. The maximum absolute atomic E-state index is 15.2. The van der Waals surface area contributed by atoms with Gasteiger partial charge < -0.3 is 14.6 Å². The first-order valence-corrected chi connectivity index (χ1v) is 10.8. The van der Waals surface area contributed by atoms with Gasteiger partial charge >= 0.3 is 11.8 Å². The van der Waals surface area contributed by atoms with E-state index in [2.05, 4.69) is 10.3 Å². The van der Waals surface area contributed by atoms with Crippen LogP contribution in [0.5, 0.6) is 0 Å². The Morgan fingerprint density at radius 3 is 2.55 bits per heavy atom. The predicted molar refractivity (Wildman–Crippen MR) is 114 cm³/mol. The van der Waals surface area contributed by atoms with Crippen LogP contribution in [0.1, 0.15) is 57.6 Å². The second-order valence-corrected chi connectivity index (χ2v) is 9.51. The van der Waals surface area contributed by atoms with E-state index < -0.39 is 53.6 Å². The quantitative estimate of drug-likeness (QED) is 0.664. The Labute approximate surface area is 188 Å². The normalized spacial score (nSPS) is 23.5. The number of ether oxygens (including phenoxy) is 1. The van der Waals surface area contributed by atoms with Gasteiger partial charge in [0.2, 0.25) is 11.8 Å². The van der Waals surface area contributed by atoms with Crippen molar-refractivity contribution in [1.82, 2.24) is 19.8 Å². The number of imidazole rings is 1. The van der Waals surface area contributed by atoms with E-state index in [-0.39, 0.29) is 36.9 Å². The summed E-state index contributed by atoms with van der Waals surface area (Å²) in [5.74, 6) is -5.53. The van der Waals surface area contributed by atoms with Gasteiger partial charge in [-0.05, 0) is 45.2 Å². The summed E-state index contributed by atoms with van der Waals surface area (Å²) in [7, 11) is 0. The molecule has 2 N–H and O–H groups in total. The number of H-pyrrole nitrogens is 1. The minimum atomic E-state index is -3.27. The van der Waals surface area contributed by atoms with Crippen LogP contribution in [-0.2, 0) is 14.3 Å². The number of hydrogen-bond donors (Lipinski definition) is 2. The van der Waals surface area contributed by atoms with Crippen molar-refractivity contribution in [2.75, 3.05) is 13.1 Å². The lowest BCUT2D eigenvalue weighted by atomic mass is 9.85. The van der Waals surface area contributed by atoms with E-state index in [1.165, 1.54) is 10.6 Å². The average Bonchev–Trinajstić information content (AvgIpc) is 3.02. The fourth-order valence-electron chi connectivity index (χ4n) is 4.50. The first kappa shape index (κ1) is 22.9. The number of benzene rings is 1. The minimum Gasteiger partial charge on any atom is -0.444 e. The van der Waals surface area contributed by atoms with Crippen molar-refractivity contribution < 1.29 is 27.9 Å². The lowest BCUT2D eigenvalue weighted by Crippen LogP contribution is -2.51. The molecule has 11 heteroatoms. The van der Waals surface area contributed by atoms with Crippen LogP contribution in [0.4, 0.5) is 13.6 Å².